The lowest BCUT2D eigenvalue weighted by Crippen LogP contribution is -2.54. The maximum absolute atomic E-state index is 12.1. The molecule has 0 aromatic carbocycles. The second-order valence-electron chi connectivity index (χ2n) is 6.87. The number of carbonyl (C=O) groups excluding carboxylic acids is 1. The predicted octanol–water partition coefficient (Wildman–Crippen LogP) is 0.362. The Kier molecular flexibility index (Phi) is 6.27. The van der Waals surface area contributed by atoms with E-state index < -0.39 is 0 Å². The summed E-state index contributed by atoms with van der Waals surface area (Å²) in [7, 11) is 7.77. The van der Waals surface area contributed by atoms with Crippen LogP contribution in [0.1, 0.15) is 19.5 Å². The van der Waals surface area contributed by atoms with E-state index >= 15 is 0 Å². The van der Waals surface area contributed by atoms with Gasteiger partial charge in [-0.25, -0.2) is 4.98 Å². The van der Waals surface area contributed by atoms with E-state index in [2.05, 4.69) is 24.8 Å². The van der Waals surface area contributed by atoms with Crippen LogP contribution >= 0.6 is 0 Å². The summed E-state index contributed by atoms with van der Waals surface area (Å²) in [5.41, 5.74) is 1.10. The van der Waals surface area contributed by atoms with Gasteiger partial charge in [0.25, 0.3) is 0 Å². The van der Waals surface area contributed by atoms with Crippen LogP contribution in [0.5, 0.6) is 0 Å². The molecule has 1 saturated heterocycles. The van der Waals surface area contributed by atoms with E-state index in [1.807, 2.05) is 51.0 Å². The molecule has 1 aliphatic heterocycles. The third kappa shape index (κ3) is 4.43. The van der Waals surface area contributed by atoms with E-state index in [0.717, 1.165) is 43.8 Å². The molecule has 0 aliphatic carbocycles. The molecule has 0 saturated carbocycles. The van der Waals surface area contributed by atoms with Crippen LogP contribution in [0.3, 0.4) is 0 Å². The van der Waals surface area contributed by atoms with E-state index in [1.54, 1.807) is 7.05 Å². The van der Waals surface area contributed by atoms with Crippen molar-refractivity contribution >= 4 is 17.8 Å². The van der Waals surface area contributed by atoms with Crippen molar-refractivity contribution in [1.29, 1.82) is 0 Å². The molecule has 1 aromatic rings. The van der Waals surface area contributed by atoms with E-state index in [-0.39, 0.29) is 11.8 Å². The monoisotopic (exact) mass is 349 g/mol. The molecule has 0 bridgehead atoms. The van der Waals surface area contributed by atoms with Gasteiger partial charge in [0.1, 0.15) is 0 Å². The fraction of sp³-hybridized carbons (Fsp3) is 0.706. The maximum Gasteiger partial charge on any atom is 0.225 e. The first-order valence-electron chi connectivity index (χ1n) is 8.77. The summed E-state index contributed by atoms with van der Waals surface area (Å²) < 4.78 is 2.07. The van der Waals surface area contributed by atoms with Gasteiger partial charge in [-0.05, 0) is 0 Å². The highest BCUT2D eigenvalue weighted by molar-refractivity contribution is 5.81. The first-order valence-corrected chi connectivity index (χ1v) is 8.77. The molecule has 1 aromatic heterocycles. The number of piperazine rings is 1. The number of hydrogen-bond donors (Lipinski definition) is 1. The SMILES string of the molecule is CN=C(NCc1cnc(N(C)C)n1C)N1CCN(C(=O)C(C)C)CC1. The highest BCUT2D eigenvalue weighted by Gasteiger charge is 2.24. The summed E-state index contributed by atoms with van der Waals surface area (Å²) >= 11 is 0. The van der Waals surface area contributed by atoms with Crippen molar-refractivity contribution in [3.63, 3.8) is 0 Å². The molecule has 8 heteroatoms. The molecule has 140 valence electrons. The van der Waals surface area contributed by atoms with Gasteiger partial charge < -0.3 is 24.6 Å². The number of rotatable bonds is 4. The number of carbonyl (C=O) groups is 1. The molecule has 1 fully saturated rings. The topological polar surface area (TPSA) is 69.0 Å². The molecule has 1 N–H and O–H groups in total. The summed E-state index contributed by atoms with van der Waals surface area (Å²) in [6.45, 7) is 7.65. The summed E-state index contributed by atoms with van der Waals surface area (Å²) in [4.78, 5) is 27.1. The standard InChI is InChI=1S/C17H31N7O/c1-13(2)15(25)23-7-9-24(10-8-23)16(18-3)19-11-14-12-20-17(21(4)5)22(14)6/h12-13H,7-11H2,1-6H3,(H,18,19). The maximum atomic E-state index is 12.1. The Labute approximate surface area is 150 Å². The fourth-order valence-corrected chi connectivity index (χ4v) is 3.02. The minimum Gasteiger partial charge on any atom is -0.351 e. The fourth-order valence-electron chi connectivity index (χ4n) is 3.02. The molecule has 1 aliphatic rings. The van der Waals surface area contributed by atoms with Crippen molar-refractivity contribution in [1.82, 2.24) is 24.7 Å². The molecular formula is C17H31N7O. The Hall–Kier alpha value is -2.25. The van der Waals surface area contributed by atoms with Gasteiger partial charge in [-0.3, -0.25) is 9.79 Å². The van der Waals surface area contributed by atoms with Crippen LogP contribution in [0.25, 0.3) is 0 Å². The minimum atomic E-state index is 0.0553. The van der Waals surface area contributed by atoms with E-state index in [1.165, 1.54) is 0 Å². The number of imidazole rings is 1. The van der Waals surface area contributed by atoms with Gasteiger partial charge in [0.15, 0.2) is 5.96 Å². The average Bonchev–Trinajstić information content (AvgIpc) is 2.96. The van der Waals surface area contributed by atoms with Crippen LogP contribution in [0.4, 0.5) is 5.95 Å². The van der Waals surface area contributed by atoms with E-state index in [9.17, 15) is 4.79 Å². The first kappa shape index (κ1) is 19.1. The summed E-state index contributed by atoms with van der Waals surface area (Å²) in [6.07, 6.45) is 1.88. The number of nitrogens with zero attached hydrogens (tertiary/aromatic N) is 6. The van der Waals surface area contributed by atoms with Crippen LogP contribution < -0.4 is 10.2 Å². The molecule has 0 radical (unpaired) electrons. The summed E-state index contributed by atoms with van der Waals surface area (Å²) in [5.74, 6) is 2.07. The van der Waals surface area contributed by atoms with Crippen LogP contribution in [-0.4, -0.2) is 78.5 Å². The molecule has 25 heavy (non-hydrogen) atoms. The molecule has 8 nitrogen and oxygen atoms in total. The highest BCUT2D eigenvalue weighted by Crippen LogP contribution is 2.11. The van der Waals surface area contributed by atoms with E-state index in [4.69, 9.17) is 0 Å². The highest BCUT2D eigenvalue weighted by atomic mass is 16.2. The number of guanidine groups is 1. The van der Waals surface area contributed by atoms with Crippen molar-refractivity contribution in [3.8, 4) is 0 Å². The van der Waals surface area contributed by atoms with Gasteiger partial charge in [-0.2, -0.15) is 0 Å². The Morgan fingerprint density at radius 3 is 2.36 bits per heavy atom. The Morgan fingerprint density at radius 2 is 1.88 bits per heavy atom. The Morgan fingerprint density at radius 1 is 1.28 bits per heavy atom. The van der Waals surface area contributed by atoms with Crippen molar-refractivity contribution in [3.05, 3.63) is 11.9 Å². The van der Waals surface area contributed by atoms with Crippen LogP contribution in [-0.2, 0) is 18.4 Å². The van der Waals surface area contributed by atoms with E-state index in [0.29, 0.717) is 6.54 Å². The normalized spacial score (nSPS) is 15.7. The number of amides is 1. The summed E-state index contributed by atoms with van der Waals surface area (Å²) in [5, 5.41) is 3.41. The Bertz CT molecular complexity index is 613. The number of hydrogen-bond acceptors (Lipinski definition) is 4. The molecule has 2 rings (SSSR count). The van der Waals surface area contributed by atoms with Crippen molar-refractivity contribution in [2.75, 3.05) is 52.2 Å². The summed E-state index contributed by atoms with van der Waals surface area (Å²) in [6, 6.07) is 0. The van der Waals surface area contributed by atoms with Crippen molar-refractivity contribution < 1.29 is 4.79 Å². The zero-order chi connectivity index (χ0) is 18.6. The smallest absolute Gasteiger partial charge is 0.225 e. The third-order valence-electron chi connectivity index (χ3n) is 4.48. The van der Waals surface area contributed by atoms with Crippen LogP contribution in [0, 0.1) is 5.92 Å². The van der Waals surface area contributed by atoms with Crippen LogP contribution in [0.15, 0.2) is 11.2 Å². The van der Waals surface area contributed by atoms with Crippen molar-refractivity contribution in [2.45, 2.75) is 20.4 Å². The van der Waals surface area contributed by atoms with Gasteiger partial charge in [-0.15, -0.1) is 0 Å². The lowest BCUT2D eigenvalue weighted by molar-refractivity contribution is -0.135. The van der Waals surface area contributed by atoms with Gasteiger partial charge in [0.2, 0.25) is 11.9 Å². The largest absolute Gasteiger partial charge is 0.351 e. The predicted molar refractivity (Wildman–Crippen MR) is 101 cm³/mol. The Balaban J connectivity index is 1.91. The second kappa shape index (κ2) is 8.22. The first-order chi connectivity index (χ1) is 11.8. The zero-order valence-corrected chi connectivity index (χ0v) is 16.3. The van der Waals surface area contributed by atoms with Gasteiger partial charge in [-0.1, -0.05) is 13.8 Å². The quantitative estimate of drug-likeness (QED) is 0.628. The number of anilines is 1. The van der Waals surface area contributed by atoms with Crippen LogP contribution in [0.2, 0.25) is 0 Å². The lowest BCUT2D eigenvalue weighted by Gasteiger charge is -2.37. The van der Waals surface area contributed by atoms with Crippen molar-refractivity contribution in [2.24, 2.45) is 18.0 Å². The molecule has 2 heterocycles. The van der Waals surface area contributed by atoms with Gasteiger partial charge >= 0.3 is 0 Å². The van der Waals surface area contributed by atoms with Gasteiger partial charge in [0.05, 0.1) is 18.4 Å². The molecule has 1 amide bonds. The molecule has 0 spiro atoms. The zero-order valence-electron chi connectivity index (χ0n) is 16.3. The average molecular weight is 349 g/mol. The third-order valence-corrected chi connectivity index (χ3v) is 4.48. The number of aromatic nitrogens is 2. The molecule has 0 unspecified atom stereocenters. The number of aliphatic imine (C=N–C) groups is 1. The molecule has 0 atom stereocenters. The number of nitrogens with one attached hydrogen (secondary N) is 1. The minimum absolute atomic E-state index is 0.0553. The second-order valence-corrected chi connectivity index (χ2v) is 6.87. The lowest BCUT2D eigenvalue weighted by atomic mass is 10.1. The molecular weight excluding hydrogens is 318 g/mol. The van der Waals surface area contributed by atoms with Gasteiger partial charge in [0, 0.05) is 60.3 Å².